The van der Waals surface area contributed by atoms with E-state index in [0.29, 0.717) is 12.2 Å². The van der Waals surface area contributed by atoms with Gasteiger partial charge in [-0.1, -0.05) is 22.6 Å². The fraction of sp³-hybridized carbons (Fsp3) is 0.500. The summed E-state index contributed by atoms with van der Waals surface area (Å²) in [6.07, 6.45) is 1.97. The second kappa shape index (κ2) is 6.58. The molecule has 0 saturated carbocycles. The van der Waals surface area contributed by atoms with Crippen molar-refractivity contribution < 1.29 is 9.72 Å². The van der Waals surface area contributed by atoms with Gasteiger partial charge in [-0.2, -0.15) is 0 Å². The Hall–Kier alpha value is -1.12. The van der Waals surface area contributed by atoms with Gasteiger partial charge in [-0.05, 0) is 28.3 Å². The zero-order valence-corrected chi connectivity index (χ0v) is 11.6. The van der Waals surface area contributed by atoms with E-state index >= 15 is 0 Å². The lowest BCUT2D eigenvalue weighted by atomic mass is 10.3. The summed E-state index contributed by atoms with van der Waals surface area (Å²) in [7, 11) is 1.51. The molecule has 0 bridgehead atoms. The van der Waals surface area contributed by atoms with Crippen LogP contribution in [0.4, 0.5) is 5.82 Å². The van der Waals surface area contributed by atoms with E-state index in [9.17, 15) is 14.9 Å². The van der Waals surface area contributed by atoms with Crippen molar-refractivity contribution in [1.29, 1.82) is 0 Å². The molecule has 0 spiro atoms. The first-order valence-electron chi connectivity index (χ1n) is 5.22. The fourth-order valence-electron chi connectivity index (χ4n) is 1.42. The normalized spacial score (nSPS) is 10.2. The Balaban J connectivity index is 2.60. The Kier molecular flexibility index (Phi) is 5.39. The van der Waals surface area contributed by atoms with E-state index in [1.165, 1.54) is 23.7 Å². The fourth-order valence-corrected chi connectivity index (χ4v) is 1.96. The van der Waals surface area contributed by atoms with Gasteiger partial charge in [-0.25, -0.2) is 4.57 Å². The second-order valence-electron chi connectivity index (χ2n) is 3.54. The van der Waals surface area contributed by atoms with Crippen molar-refractivity contribution in [2.24, 2.45) is 7.05 Å². The minimum Gasteiger partial charge on any atom is -0.358 e. The van der Waals surface area contributed by atoms with Crippen LogP contribution in [0.2, 0.25) is 0 Å². The third-order valence-electron chi connectivity index (χ3n) is 2.36. The van der Waals surface area contributed by atoms with E-state index in [4.69, 9.17) is 0 Å². The summed E-state index contributed by atoms with van der Waals surface area (Å²) in [5.41, 5.74) is 0.311. The van der Waals surface area contributed by atoms with Crippen LogP contribution in [-0.4, -0.2) is 26.4 Å². The van der Waals surface area contributed by atoms with Gasteiger partial charge in [-0.3, -0.25) is 4.79 Å². The first kappa shape index (κ1) is 13.9. The van der Waals surface area contributed by atoms with Gasteiger partial charge in [0, 0.05) is 12.6 Å². The molecular formula is C10H14IN3O3. The minimum atomic E-state index is -0.507. The predicted molar refractivity (Wildman–Crippen MR) is 72.5 cm³/mol. The van der Waals surface area contributed by atoms with E-state index in [1.807, 2.05) is 0 Å². The Morgan fingerprint density at radius 2 is 2.24 bits per heavy atom. The van der Waals surface area contributed by atoms with Crippen molar-refractivity contribution in [2.75, 3.05) is 11.0 Å². The van der Waals surface area contributed by atoms with Gasteiger partial charge in [0.05, 0.1) is 7.05 Å². The highest BCUT2D eigenvalue weighted by atomic mass is 127. The van der Waals surface area contributed by atoms with Gasteiger partial charge in [0.15, 0.2) is 5.69 Å². The van der Waals surface area contributed by atoms with Gasteiger partial charge in [0.1, 0.15) is 0 Å². The highest BCUT2D eigenvalue weighted by molar-refractivity contribution is 14.1. The largest absolute Gasteiger partial charge is 0.358 e. The maximum atomic E-state index is 11.7. The van der Waals surface area contributed by atoms with Crippen LogP contribution in [0.25, 0.3) is 0 Å². The van der Waals surface area contributed by atoms with E-state index in [1.54, 1.807) is 0 Å². The quantitative estimate of drug-likeness (QED) is 0.280. The van der Waals surface area contributed by atoms with Crippen LogP contribution in [0.15, 0.2) is 12.1 Å². The van der Waals surface area contributed by atoms with Gasteiger partial charge >= 0.3 is 5.82 Å². The molecule has 0 saturated heterocycles. The number of carbonyl (C=O) groups is 1. The lowest BCUT2D eigenvalue weighted by Gasteiger charge is -2.03. The molecule has 0 aliphatic heterocycles. The van der Waals surface area contributed by atoms with Crippen molar-refractivity contribution in [3.8, 4) is 0 Å². The van der Waals surface area contributed by atoms with Crippen LogP contribution in [0.3, 0.4) is 0 Å². The van der Waals surface area contributed by atoms with Crippen molar-refractivity contribution in [3.63, 3.8) is 0 Å². The molecule has 1 heterocycles. The summed E-state index contributed by atoms with van der Waals surface area (Å²) in [5, 5.41) is 13.4. The van der Waals surface area contributed by atoms with Crippen molar-refractivity contribution >= 4 is 34.3 Å². The number of nitrogens with zero attached hydrogens (tertiary/aromatic N) is 2. The Labute approximate surface area is 113 Å². The molecule has 17 heavy (non-hydrogen) atoms. The number of rotatable bonds is 6. The third-order valence-corrected chi connectivity index (χ3v) is 3.12. The van der Waals surface area contributed by atoms with E-state index in [2.05, 4.69) is 27.9 Å². The number of hydrogen-bond acceptors (Lipinski definition) is 3. The highest BCUT2D eigenvalue weighted by Gasteiger charge is 2.19. The average molecular weight is 351 g/mol. The number of carbonyl (C=O) groups excluding carboxylic acids is 1. The second-order valence-corrected chi connectivity index (χ2v) is 4.62. The number of halogens is 1. The summed E-state index contributed by atoms with van der Waals surface area (Å²) < 4.78 is 2.34. The lowest BCUT2D eigenvalue weighted by Crippen LogP contribution is -2.26. The van der Waals surface area contributed by atoms with Crippen LogP contribution >= 0.6 is 22.6 Å². The molecule has 1 amide bonds. The number of aromatic nitrogens is 1. The molecule has 1 rings (SSSR count). The maximum absolute atomic E-state index is 11.7. The number of nitro groups is 1. The zero-order chi connectivity index (χ0) is 12.8. The molecule has 0 radical (unpaired) electrons. The molecule has 7 heteroatoms. The molecule has 1 aromatic rings. The van der Waals surface area contributed by atoms with Crippen LogP contribution < -0.4 is 5.32 Å². The molecule has 0 atom stereocenters. The average Bonchev–Trinajstić information content (AvgIpc) is 2.66. The van der Waals surface area contributed by atoms with Crippen LogP contribution in [0.1, 0.15) is 23.3 Å². The minimum absolute atomic E-state index is 0.0811. The van der Waals surface area contributed by atoms with Crippen molar-refractivity contribution in [2.45, 2.75) is 12.8 Å². The standard InChI is InChI=1S/C10H14IN3O3/c1-13-8(4-5-9(13)14(16)17)10(15)12-7-3-2-6-11/h4-5H,2-3,6-7H2,1H3,(H,12,15). The number of unbranched alkanes of at least 4 members (excludes halogenated alkanes) is 1. The summed E-state index contributed by atoms with van der Waals surface area (Å²) in [6.45, 7) is 0.598. The monoisotopic (exact) mass is 351 g/mol. The number of nitrogens with one attached hydrogen (secondary N) is 1. The molecule has 0 aliphatic carbocycles. The van der Waals surface area contributed by atoms with Gasteiger partial charge < -0.3 is 15.4 Å². The molecule has 94 valence electrons. The topological polar surface area (TPSA) is 77.2 Å². The number of amides is 1. The molecule has 0 aromatic carbocycles. The Morgan fingerprint density at radius 3 is 2.76 bits per heavy atom. The summed E-state index contributed by atoms with van der Waals surface area (Å²) >= 11 is 2.28. The lowest BCUT2D eigenvalue weighted by molar-refractivity contribution is -0.391. The Morgan fingerprint density at radius 1 is 1.53 bits per heavy atom. The Bertz CT molecular complexity index is 417. The predicted octanol–water partition coefficient (Wildman–Crippen LogP) is 1.88. The first-order valence-corrected chi connectivity index (χ1v) is 6.74. The number of hydrogen-bond donors (Lipinski definition) is 1. The maximum Gasteiger partial charge on any atom is 0.323 e. The van der Waals surface area contributed by atoms with Crippen LogP contribution in [-0.2, 0) is 7.05 Å². The molecule has 6 nitrogen and oxygen atoms in total. The van der Waals surface area contributed by atoms with Crippen molar-refractivity contribution in [3.05, 3.63) is 27.9 Å². The summed E-state index contributed by atoms with van der Waals surface area (Å²) in [5.74, 6) is -0.350. The molecular weight excluding hydrogens is 337 g/mol. The number of alkyl halides is 1. The van der Waals surface area contributed by atoms with Crippen LogP contribution in [0.5, 0.6) is 0 Å². The molecule has 0 unspecified atom stereocenters. The molecule has 1 N–H and O–H groups in total. The van der Waals surface area contributed by atoms with Crippen molar-refractivity contribution in [1.82, 2.24) is 9.88 Å². The van der Waals surface area contributed by atoms with Gasteiger partial charge in [0.2, 0.25) is 0 Å². The van der Waals surface area contributed by atoms with E-state index < -0.39 is 4.92 Å². The zero-order valence-electron chi connectivity index (χ0n) is 9.48. The molecule has 0 aliphatic rings. The SMILES string of the molecule is Cn1c(C(=O)NCCCCI)ccc1[N+](=O)[O-]. The molecule has 0 fully saturated rings. The van der Waals surface area contributed by atoms with E-state index in [0.717, 1.165) is 17.3 Å². The van der Waals surface area contributed by atoms with Crippen LogP contribution in [0, 0.1) is 10.1 Å². The van der Waals surface area contributed by atoms with Gasteiger partial charge in [-0.15, -0.1) is 0 Å². The third kappa shape index (κ3) is 3.69. The smallest absolute Gasteiger partial charge is 0.323 e. The summed E-state index contributed by atoms with van der Waals surface area (Å²) in [6, 6.07) is 2.80. The first-order chi connectivity index (χ1) is 8.07. The van der Waals surface area contributed by atoms with Gasteiger partial charge in [0.25, 0.3) is 5.91 Å². The summed E-state index contributed by atoms with van der Waals surface area (Å²) in [4.78, 5) is 21.8. The highest BCUT2D eigenvalue weighted by Crippen LogP contribution is 2.14. The molecule has 1 aromatic heterocycles. The van der Waals surface area contributed by atoms with E-state index in [-0.39, 0.29) is 11.7 Å².